The third-order valence-corrected chi connectivity index (χ3v) is 5.75. The first-order valence-corrected chi connectivity index (χ1v) is 10.9. The molecule has 33 heavy (non-hydrogen) atoms. The van der Waals surface area contributed by atoms with Crippen LogP contribution in [0.25, 0.3) is 0 Å². The number of anilines is 2. The zero-order valence-corrected chi connectivity index (χ0v) is 18.7. The van der Waals surface area contributed by atoms with E-state index in [-0.39, 0.29) is 17.8 Å². The van der Waals surface area contributed by atoms with Crippen LogP contribution >= 0.6 is 0 Å². The fourth-order valence-electron chi connectivity index (χ4n) is 3.91. The van der Waals surface area contributed by atoms with Crippen LogP contribution in [-0.4, -0.2) is 49.2 Å². The van der Waals surface area contributed by atoms with Crippen molar-refractivity contribution in [3.63, 3.8) is 0 Å². The van der Waals surface area contributed by atoms with Gasteiger partial charge in [-0.15, -0.1) is 0 Å². The second-order valence-electron chi connectivity index (χ2n) is 7.80. The van der Waals surface area contributed by atoms with Crippen LogP contribution in [-0.2, 0) is 0 Å². The van der Waals surface area contributed by atoms with Gasteiger partial charge >= 0.3 is 0 Å². The zero-order valence-electron chi connectivity index (χ0n) is 18.7. The Balaban J connectivity index is 1.44. The molecule has 0 saturated carbocycles. The second kappa shape index (κ2) is 10.0. The molecule has 8 nitrogen and oxygen atoms in total. The van der Waals surface area contributed by atoms with Gasteiger partial charge in [0.25, 0.3) is 5.91 Å². The number of nitriles is 1. The average molecular weight is 443 g/mol. The molecule has 168 valence electrons. The van der Waals surface area contributed by atoms with Crippen LogP contribution in [0, 0.1) is 11.3 Å². The molecule has 8 heteroatoms. The summed E-state index contributed by atoms with van der Waals surface area (Å²) in [5.41, 5.74) is 2.92. The molecule has 1 unspecified atom stereocenters. The van der Waals surface area contributed by atoms with Crippen molar-refractivity contribution >= 4 is 17.5 Å². The smallest absolute Gasteiger partial charge is 0.258 e. The molecule has 0 spiro atoms. The Kier molecular flexibility index (Phi) is 6.69. The van der Waals surface area contributed by atoms with E-state index in [9.17, 15) is 10.1 Å². The number of hydrogen-bond acceptors (Lipinski definition) is 7. The van der Waals surface area contributed by atoms with Crippen LogP contribution in [0.2, 0.25) is 0 Å². The van der Waals surface area contributed by atoms with Gasteiger partial charge < -0.3 is 19.9 Å². The first-order valence-electron chi connectivity index (χ1n) is 10.9. The minimum absolute atomic E-state index is 0.160. The standard InChI is InChI=1S/C25H26N6O2/c1-18(19-8-4-3-5-9-19)28-23(32)21-17-27-25(29-24(21)33-2)31-14-12-30(13-15-31)22-11-7-6-10-20(22)16-26/h3-11,17-18H,12-15H2,1-2H3,(H,28,32). The van der Waals surface area contributed by atoms with Crippen molar-refractivity contribution < 1.29 is 9.53 Å². The van der Waals surface area contributed by atoms with Crippen molar-refractivity contribution in [3.8, 4) is 11.9 Å². The van der Waals surface area contributed by atoms with Crippen LogP contribution in [0.3, 0.4) is 0 Å². The Bertz CT molecular complexity index is 1150. The molecule has 1 aromatic heterocycles. The Morgan fingerprint density at radius 2 is 1.73 bits per heavy atom. The SMILES string of the molecule is COc1nc(N2CCN(c3ccccc3C#N)CC2)ncc1C(=O)NC(C)c1ccccc1. The zero-order chi connectivity index (χ0) is 23.2. The van der Waals surface area contributed by atoms with E-state index in [0.29, 0.717) is 30.2 Å². The quantitative estimate of drug-likeness (QED) is 0.627. The van der Waals surface area contributed by atoms with Crippen LogP contribution in [0.1, 0.15) is 34.5 Å². The highest BCUT2D eigenvalue weighted by Gasteiger charge is 2.24. The highest BCUT2D eigenvalue weighted by molar-refractivity contribution is 5.96. The molecular formula is C25H26N6O2. The number of carbonyl (C=O) groups is 1. The average Bonchev–Trinajstić information content (AvgIpc) is 2.88. The van der Waals surface area contributed by atoms with Crippen LogP contribution in [0.4, 0.5) is 11.6 Å². The van der Waals surface area contributed by atoms with Gasteiger partial charge in [0.2, 0.25) is 11.8 Å². The van der Waals surface area contributed by atoms with Gasteiger partial charge in [-0.2, -0.15) is 10.2 Å². The van der Waals surface area contributed by atoms with Gasteiger partial charge in [-0.25, -0.2) is 4.98 Å². The predicted molar refractivity (Wildman–Crippen MR) is 126 cm³/mol. The molecule has 2 aromatic carbocycles. The summed E-state index contributed by atoms with van der Waals surface area (Å²) in [5.74, 6) is 0.482. The summed E-state index contributed by atoms with van der Waals surface area (Å²) in [6, 6.07) is 19.5. The number of carbonyl (C=O) groups excluding carboxylic acids is 1. The lowest BCUT2D eigenvalue weighted by atomic mass is 10.1. The number of rotatable bonds is 6. The van der Waals surface area contributed by atoms with Gasteiger partial charge in [0.15, 0.2) is 0 Å². The number of ether oxygens (including phenoxy) is 1. The number of nitrogens with zero attached hydrogens (tertiary/aromatic N) is 5. The summed E-state index contributed by atoms with van der Waals surface area (Å²) in [7, 11) is 1.50. The maximum atomic E-state index is 12.8. The Morgan fingerprint density at radius 3 is 2.42 bits per heavy atom. The summed E-state index contributed by atoms with van der Waals surface area (Å²) in [5, 5.41) is 12.3. The third kappa shape index (κ3) is 4.88. The highest BCUT2D eigenvalue weighted by atomic mass is 16.5. The number of aromatic nitrogens is 2. The lowest BCUT2D eigenvalue weighted by molar-refractivity contribution is 0.0935. The molecule has 1 fully saturated rings. The third-order valence-electron chi connectivity index (χ3n) is 5.75. The minimum atomic E-state index is -0.285. The molecule has 1 aliphatic rings. The lowest BCUT2D eigenvalue weighted by Crippen LogP contribution is -2.47. The maximum absolute atomic E-state index is 12.8. The van der Waals surface area contributed by atoms with Crippen LogP contribution < -0.4 is 19.9 Å². The Hall–Kier alpha value is -4.12. The summed E-state index contributed by atoms with van der Waals surface area (Å²) >= 11 is 0. The van der Waals surface area contributed by atoms with Crippen molar-refractivity contribution in [1.82, 2.24) is 15.3 Å². The van der Waals surface area contributed by atoms with E-state index in [1.807, 2.05) is 61.5 Å². The maximum Gasteiger partial charge on any atom is 0.258 e. The molecule has 1 saturated heterocycles. The molecule has 0 bridgehead atoms. The number of nitrogens with one attached hydrogen (secondary N) is 1. The number of para-hydroxylation sites is 1. The van der Waals surface area contributed by atoms with Gasteiger partial charge in [-0.1, -0.05) is 42.5 Å². The molecule has 1 amide bonds. The normalized spacial score (nSPS) is 14.3. The van der Waals surface area contributed by atoms with Crippen molar-refractivity contribution in [3.05, 3.63) is 77.5 Å². The molecule has 3 aromatic rings. The van der Waals surface area contributed by atoms with E-state index in [0.717, 1.165) is 24.3 Å². The summed E-state index contributed by atoms with van der Waals surface area (Å²) in [4.78, 5) is 26.0. The summed E-state index contributed by atoms with van der Waals surface area (Å²) in [6.45, 7) is 4.79. The number of hydrogen-bond donors (Lipinski definition) is 1. The van der Waals surface area contributed by atoms with E-state index in [2.05, 4.69) is 31.2 Å². The van der Waals surface area contributed by atoms with Crippen LogP contribution in [0.15, 0.2) is 60.8 Å². The monoisotopic (exact) mass is 442 g/mol. The van der Waals surface area contributed by atoms with Crippen molar-refractivity contribution in [2.24, 2.45) is 0 Å². The van der Waals surface area contributed by atoms with E-state index in [1.165, 1.54) is 13.3 Å². The number of methoxy groups -OCH3 is 1. The van der Waals surface area contributed by atoms with E-state index in [1.54, 1.807) is 0 Å². The first-order chi connectivity index (χ1) is 16.1. The molecule has 1 N–H and O–H groups in total. The van der Waals surface area contributed by atoms with E-state index < -0.39 is 0 Å². The van der Waals surface area contributed by atoms with Crippen molar-refractivity contribution in [2.45, 2.75) is 13.0 Å². The van der Waals surface area contributed by atoms with Gasteiger partial charge in [-0.05, 0) is 24.6 Å². The molecule has 0 aliphatic carbocycles. The molecule has 1 aliphatic heterocycles. The summed E-state index contributed by atoms with van der Waals surface area (Å²) < 4.78 is 5.42. The Morgan fingerprint density at radius 1 is 1.06 bits per heavy atom. The van der Waals surface area contributed by atoms with Gasteiger partial charge in [0, 0.05) is 32.4 Å². The fourth-order valence-corrected chi connectivity index (χ4v) is 3.91. The predicted octanol–water partition coefficient (Wildman–Crippen LogP) is 3.17. The van der Waals surface area contributed by atoms with Gasteiger partial charge in [0.1, 0.15) is 11.6 Å². The molecule has 4 rings (SSSR count). The largest absolute Gasteiger partial charge is 0.480 e. The Labute approximate surface area is 193 Å². The molecular weight excluding hydrogens is 416 g/mol. The van der Waals surface area contributed by atoms with Crippen molar-refractivity contribution in [1.29, 1.82) is 5.26 Å². The number of benzene rings is 2. The van der Waals surface area contributed by atoms with Crippen LogP contribution in [0.5, 0.6) is 5.88 Å². The topological polar surface area (TPSA) is 94.4 Å². The highest BCUT2D eigenvalue weighted by Crippen LogP contribution is 2.24. The van der Waals surface area contributed by atoms with E-state index in [4.69, 9.17) is 4.74 Å². The van der Waals surface area contributed by atoms with Crippen molar-refractivity contribution in [2.75, 3.05) is 43.1 Å². The molecule has 2 heterocycles. The molecule has 0 radical (unpaired) electrons. The van der Waals surface area contributed by atoms with E-state index >= 15 is 0 Å². The lowest BCUT2D eigenvalue weighted by Gasteiger charge is -2.36. The van der Waals surface area contributed by atoms with Gasteiger partial charge in [0.05, 0.1) is 24.4 Å². The fraction of sp³-hybridized carbons (Fsp3) is 0.280. The minimum Gasteiger partial charge on any atom is -0.480 e. The number of piperazine rings is 1. The summed E-state index contributed by atoms with van der Waals surface area (Å²) in [6.07, 6.45) is 1.52. The first kappa shape index (κ1) is 22.1. The molecule has 1 atom stereocenters. The second-order valence-corrected chi connectivity index (χ2v) is 7.80. The van der Waals surface area contributed by atoms with Gasteiger partial charge in [-0.3, -0.25) is 4.79 Å². The number of amides is 1.